The molecule has 1 aromatic carbocycles. The molecule has 4 heteroatoms. The second-order valence-electron chi connectivity index (χ2n) is 4.65. The fraction of sp³-hybridized carbons (Fsp3) is 0.375. The van der Waals surface area contributed by atoms with Crippen molar-refractivity contribution in [2.45, 2.75) is 19.4 Å². The molecule has 20 heavy (non-hydrogen) atoms. The lowest BCUT2D eigenvalue weighted by Gasteiger charge is -2.02. The van der Waals surface area contributed by atoms with Crippen LogP contribution in [0.5, 0.6) is 0 Å². The maximum atomic E-state index is 5.84. The zero-order chi connectivity index (χ0) is 14.2. The topological polar surface area (TPSA) is 34.4 Å². The van der Waals surface area contributed by atoms with Gasteiger partial charge >= 0.3 is 0 Å². The van der Waals surface area contributed by atoms with Crippen LogP contribution in [-0.2, 0) is 11.3 Å². The Morgan fingerprint density at radius 3 is 2.90 bits per heavy atom. The Bertz CT molecular complexity index is 525. The summed E-state index contributed by atoms with van der Waals surface area (Å²) in [4.78, 5) is 0. The number of benzene rings is 1. The number of hydrogen-bond acceptors (Lipinski definition) is 3. The average Bonchev–Trinajstić information content (AvgIpc) is 2.91. The summed E-state index contributed by atoms with van der Waals surface area (Å²) in [7, 11) is 1.74. The van der Waals surface area contributed by atoms with Crippen molar-refractivity contribution in [2.75, 3.05) is 20.3 Å². The van der Waals surface area contributed by atoms with Gasteiger partial charge in [-0.2, -0.15) is 0 Å². The fourth-order valence-electron chi connectivity index (χ4n) is 1.98. The summed E-state index contributed by atoms with van der Waals surface area (Å²) in [5, 5.41) is 3.38. The largest absolute Gasteiger partial charge is 0.460 e. The van der Waals surface area contributed by atoms with E-state index < -0.39 is 0 Å². The van der Waals surface area contributed by atoms with E-state index in [1.54, 1.807) is 7.11 Å². The van der Waals surface area contributed by atoms with Crippen molar-refractivity contribution in [3.63, 3.8) is 0 Å². The second kappa shape index (κ2) is 8.25. The van der Waals surface area contributed by atoms with E-state index in [-0.39, 0.29) is 0 Å². The minimum absolute atomic E-state index is 0.765. The molecule has 108 valence electrons. The van der Waals surface area contributed by atoms with Crippen LogP contribution in [0, 0.1) is 0 Å². The lowest BCUT2D eigenvalue weighted by molar-refractivity contribution is 0.192. The third-order valence-electron chi connectivity index (χ3n) is 3.02. The van der Waals surface area contributed by atoms with E-state index >= 15 is 0 Å². The zero-order valence-electron chi connectivity index (χ0n) is 11.7. The molecule has 0 radical (unpaired) electrons. The predicted octanol–water partition coefficient (Wildman–Crippen LogP) is 4.23. The highest BCUT2D eigenvalue weighted by Crippen LogP contribution is 2.24. The third kappa shape index (κ3) is 4.78. The first-order valence-corrected chi connectivity index (χ1v) is 7.63. The summed E-state index contributed by atoms with van der Waals surface area (Å²) < 4.78 is 11.9. The van der Waals surface area contributed by atoms with Gasteiger partial charge in [0, 0.05) is 23.8 Å². The van der Waals surface area contributed by atoms with Crippen LogP contribution in [0.4, 0.5) is 0 Å². The summed E-state index contributed by atoms with van der Waals surface area (Å²) in [6, 6.07) is 12.2. The van der Waals surface area contributed by atoms with Crippen molar-refractivity contribution in [3.05, 3.63) is 46.6 Å². The van der Waals surface area contributed by atoms with Gasteiger partial charge in [0.2, 0.25) is 0 Å². The van der Waals surface area contributed by atoms with Crippen molar-refractivity contribution in [2.24, 2.45) is 0 Å². The van der Waals surface area contributed by atoms with Crippen molar-refractivity contribution in [1.29, 1.82) is 0 Å². The highest BCUT2D eigenvalue weighted by molar-refractivity contribution is 9.10. The molecule has 3 nitrogen and oxygen atoms in total. The summed E-state index contributed by atoms with van der Waals surface area (Å²) in [5.41, 5.74) is 1.09. The first kappa shape index (κ1) is 15.3. The molecule has 0 atom stereocenters. The highest BCUT2D eigenvalue weighted by Gasteiger charge is 2.04. The normalized spacial score (nSPS) is 10.9. The van der Waals surface area contributed by atoms with Crippen LogP contribution in [0.2, 0.25) is 0 Å². The lowest BCUT2D eigenvalue weighted by Crippen LogP contribution is -2.14. The van der Waals surface area contributed by atoms with Gasteiger partial charge in [-0.15, -0.1) is 0 Å². The molecular weight excluding hydrogens is 318 g/mol. The van der Waals surface area contributed by atoms with Crippen LogP contribution in [0.3, 0.4) is 0 Å². The van der Waals surface area contributed by atoms with E-state index in [9.17, 15) is 0 Å². The Balaban J connectivity index is 1.80. The molecule has 0 aliphatic rings. The van der Waals surface area contributed by atoms with Crippen molar-refractivity contribution < 1.29 is 9.15 Å². The SMILES string of the molecule is COCCCCNCc1ccc(-c2cccc(Br)c2)o1. The maximum absolute atomic E-state index is 5.84. The zero-order valence-corrected chi connectivity index (χ0v) is 13.3. The van der Waals surface area contributed by atoms with Gasteiger partial charge in [-0.25, -0.2) is 0 Å². The Morgan fingerprint density at radius 1 is 1.20 bits per heavy atom. The molecule has 1 aromatic heterocycles. The molecule has 0 aliphatic carbocycles. The van der Waals surface area contributed by atoms with E-state index in [0.717, 1.165) is 54.1 Å². The van der Waals surface area contributed by atoms with E-state index in [1.165, 1.54) is 0 Å². The standard InChI is InChI=1S/C16H20BrNO2/c1-19-10-3-2-9-18-12-15-7-8-16(20-15)13-5-4-6-14(17)11-13/h4-8,11,18H,2-3,9-10,12H2,1H3. The summed E-state index contributed by atoms with van der Waals surface area (Å²) >= 11 is 3.47. The molecule has 0 spiro atoms. The molecule has 0 unspecified atom stereocenters. The van der Waals surface area contributed by atoms with Crippen LogP contribution < -0.4 is 5.32 Å². The molecule has 0 saturated heterocycles. The maximum Gasteiger partial charge on any atom is 0.134 e. The van der Waals surface area contributed by atoms with Crippen molar-refractivity contribution >= 4 is 15.9 Å². The number of ether oxygens (including phenoxy) is 1. The van der Waals surface area contributed by atoms with Crippen LogP contribution in [0.15, 0.2) is 45.3 Å². The average molecular weight is 338 g/mol. The molecule has 2 rings (SSSR count). The van der Waals surface area contributed by atoms with Gasteiger partial charge in [-0.05, 0) is 43.7 Å². The number of hydrogen-bond donors (Lipinski definition) is 1. The number of unbranched alkanes of at least 4 members (excludes halogenated alkanes) is 1. The first-order chi connectivity index (χ1) is 9.79. The van der Waals surface area contributed by atoms with Crippen LogP contribution in [0.25, 0.3) is 11.3 Å². The quantitative estimate of drug-likeness (QED) is 0.732. The van der Waals surface area contributed by atoms with Gasteiger partial charge in [-0.3, -0.25) is 0 Å². The van der Waals surface area contributed by atoms with Crippen molar-refractivity contribution in [3.8, 4) is 11.3 Å². The molecule has 0 aliphatic heterocycles. The monoisotopic (exact) mass is 337 g/mol. The molecule has 1 heterocycles. The number of methoxy groups -OCH3 is 1. The third-order valence-corrected chi connectivity index (χ3v) is 3.52. The van der Waals surface area contributed by atoms with Crippen LogP contribution in [0.1, 0.15) is 18.6 Å². The summed E-state index contributed by atoms with van der Waals surface area (Å²) in [6.07, 6.45) is 2.21. The Labute approximate surface area is 128 Å². The fourth-order valence-corrected chi connectivity index (χ4v) is 2.38. The predicted molar refractivity (Wildman–Crippen MR) is 84.7 cm³/mol. The Hall–Kier alpha value is -1.10. The first-order valence-electron chi connectivity index (χ1n) is 6.84. The molecule has 0 bridgehead atoms. The highest BCUT2D eigenvalue weighted by atomic mass is 79.9. The van der Waals surface area contributed by atoms with Crippen LogP contribution >= 0.6 is 15.9 Å². The Morgan fingerprint density at radius 2 is 2.10 bits per heavy atom. The summed E-state index contributed by atoms with van der Waals surface area (Å²) in [5.74, 6) is 1.87. The minimum atomic E-state index is 0.765. The number of rotatable bonds is 8. The van der Waals surface area contributed by atoms with E-state index in [2.05, 4.69) is 27.3 Å². The molecule has 0 saturated carbocycles. The smallest absolute Gasteiger partial charge is 0.134 e. The van der Waals surface area contributed by atoms with Crippen LogP contribution in [-0.4, -0.2) is 20.3 Å². The lowest BCUT2D eigenvalue weighted by atomic mass is 10.2. The van der Waals surface area contributed by atoms with Gasteiger partial charge in [0.15, 0.2) is 0 Å². The molecular formula is C16H20BrNO2. The van der Waals surface area contributed by atoms with E-state index in [4.69, 9.17) is 9.15 Å². The van der Waals surface area contributed by atoms with Gasteiger partial charge in [0.05, 0.1) is 6.54 Å². The second-order valence-corrected chi connectivity index (χ2v) is 5.57. The molecule has 0 amide bonds. The van der Waals surface area contributed by atoms with Crippen molar-refractivity contribution in [1.82, 2.24) is 5.32 Å². The summed E-state index contributed by atoms with van der Waals surface area (Å²) in [6.45, 7) is 2.58. The number of furan rings is 1. The molecule has 1 N–H and O–H groups in total. The minimum Gasteiger partial charge on any atom is -0.460 e. The van der Waals surface area contributed by atoms with Gasteiger partial charge in [0.25, 0.3) is 0 Å². The van der Waals surface area contributed by atoms with E-state index in [0.29, 0.717) is 0 Å². The number of halogens is 1. The number of nitrogens with one attached hydrogen (secondary N) is 1. The molecule has 2 aromatic rings. The molecule has 0 fully saturated rings. The van der Waals surface area contributed by atoms with E-state index in [1.807, 2.05) is 30.3 Å². The van der Waals surface area contributed by atoms with Gasteiger partial charge < -0.3 is 14.5 Å². The van der Waals surface area contributed by atoms with Gasteiger partial charge in [-0.1, -0.05) is 28.1 Å². The van der Waals surface area contributed by atoms with Gasteiger partial charge in [0.1, 0.15) is 11.5 Å². The Kier molecular flexibility index (Phi) is 6.30.